The summed E-state index contributed by atoms with van der Waals surface area (Å²) in [5.41, 5.74) is 0. The Morgan fingerprint density at radius 1 is 0.850 bits per heavy atom. The summed E-state index contributed by atoms with van der Waals surface area (Å²) in [6, 6.07) is 0. The van der Waals surface area contributed by atoms with Crippen LogP contribution in [0.1, 0.15) is 90.9 Å². The van der Waals surface area contributed by atoms with Gasteiger partial charge in [0.05, 0.1) is 6.10 Å². The van der Waals surface area contributed by atoms with Gasteiger partial charge >= 0.3 is 0 Å². The van der Waals surface area contributed by atoms with E-state index in [1.54, 1.807) is 0 Å². The molecule has 0 aromatic heterocycles. The van der Waals surface area contributed by atoms with Gasteiger partial charge in [0.2, 0.25) is 0 Å². The summed E-state index contributed by atoms with van der Waals surface area (Å²) in [4.78, 5) is 0. The lowest BCUT2D eigenvalue weighted by atomic mass is 9.70. The Balaban J connectivity index is 1.67. The Morgan fingerprint density at radius 3 is 2.35 bits per heavy atom. The molecule has 2 aliphatic carbocycles. The van der Waals surface area contributed by atoms with Crippen LogP contribution in [-0.2, 0) is 4.74 Å². The summed E-state index contributed by atoms with van der Waals surface area (Å²) >= 11 is 0. The van der Waals surface area contributed by atoms with E-state index < -0.39 is 0 Å². The minimum absolute atomic E-state index is 0.584. The molecule has 0 spiro atoms. The van der Waals surface area contributed by atoms with E-state index in [2.05, 4.69) is 13.8 Å². The Bertz CT molecular complexity index is 240. The van der Waals surface area contributed by atoms with Gasteiger partial charge in [0.25, 0.3) is 0 Å². The van der Waals surface area contributed by atoms with Crippen LogP contribution >= 0.6 is 0 Å². The molecule has 0 aliphatic heterocycles. The second-order valence-electron chi connectivity index (χ2n) is 7.28. The zero-order chi connectivity index (χ0) is 14.2. The average molecular weight is 280 g/mol. The highest BCUT2D eigenvalue weighted by Crippen LogP contribution is 2.41. The maximum Gasteiger partial charge on any atom is 0.0577 e. The van der Waals surface area contributed by atoms with Gasteiger partial charge in [0.15, 0.2) is 0 Å². The molecule has 118 valence electrons. The number of ether oxygens (including phenoxy) is 1. The molecule has 0 N–H and O–H groups in total. The van der Waals surface area contributed by atoms with E-state index in [9.17, 15) is 0 Å². The molecule has 2 aliphatic rings. The van der Waals surface area contributed by atoms with Crippen LogP contribution in [0.25, 0.3) is 0 Å². The second kappa shape index (κ2) is 9.07. The second-order valence-corrected chi connectivity index (χ2v) is 7.28. The number of rotatable bonds is 7. The molecule has 1 heteroatoms. The van der Waals surface area contributed by atoms with Gasteiger partial charge in [-0.3, -0.25) is 0 Å². The van der Waals surface area contributed by atoms with Gasteiger partial charge in [-0.1, -0.05) is 51.9 Å². The third-order valence-electron chi connectivity index (χ3n) is 5.84. The molecule has 2 fully saturated rings. The van der Waals surface area contributed by atoms with Crippen molar-refractivity contribution >= 4 is 0 Å². The van der Waals surface area contributed by atoms with Gasteiger partial charge in [-0.25, -0.2) is 0 Å². The number of hydrogen-bond acceptors (Lipinski definition) is 1. The van der Waals surface area contributed by atoms with Gasteiger partial charge in [0.1, 0.15) is 0 Å². The number of hydrogen-bond donors (Lipinski definition) is 0. The predicted molar refractivity (Wildman–Crippen MR) is 87.0 cm³/mol. The monoisotopic (exact) mass is 280 g/mol. The lowest BCUT2D eigenvalue weighted by Gasteiger charge is -2.38. The molecule has 2 rings (SSSR count). The van der Waals surface area contributed by atoms with Crippen LogP contribution in [-0.4, -0.2) is 12.7 Å². The maximum absolute atomic E-state index is 5.89. The molecule has 2 atom stereocenters. The van der Waals surface area contributed by atoms with E-state index in [4.69, 9.17) is 4.74 Å². The molecule has 20 heavy (non-hydrogen) atoms. The van der Waals surface area contributed by atoms with Crippen molar-refractivity contribution < 1.29 is 4.74 Å². The smallest absolute Gasteiger partial charge is 0.0577 e. The molecule has 0 amide bonds. The summed E-state index contributed by atoms with van der Waals surface area (Å²) < 4.78 is 5.89. The van der Waals surface area contributed by atoms with Gasteiger partial charge in [-0.2, -0.15) is 0 Å². The van der Waals surface area contributed by atoms with Crippen LogP contribution in [0.5, 0.6) is 0 Å². The van der Waals surface area contributed by atoms with Crippen molar-refractivity contribution in [3.05, 3.63) is 0 Å². The van der Waals surface area contributed by atoms with Crippen molar-refractivity contribution in [3.63, 3.8) is 0 Å². The summed E-state index contributed by atoms with van der Waals surface area (Å²) in [5, 5.41) is 0. The highest BCUT2D eigenvalue weighted by molar-refractivity contribution is 4.82. The van der Waals surface area contributed by atoms with Crippen molar-refractivity contribution in [2.24, 2.45) is 17.8 Å². The molecule has 1 nitrogen and oxygen atoms in total. The third kappa shape index (κ3) is 5.06. The van der Waals surface area contributed by atoms with Crippen molar-refractivity contribution in [1.29, 1.82) is 0 Å². The topological polar surface area (TPSA) is 9.23 Å². The van der Waals surface area contributed by atoms with Gasteiger partial charge in [0, 0.05) is 6.61 Å². The first kappa shape index (κ1) is 16.3. The standard InChI is InChI=1S/C19H36O/c1-3-5-6-8-16-11-13-17(14-12-16)18-9-7-10-19(15-18)20-4-2/h16-19H,3-15H2,1-2H3/t16?,17?,18-,19-/m1/s1. The lowest BCUT2D eigenvalue weighted by Crippen LogP contribution is -2.30. The van der Waals surface area contributed by atoms with Crippen LogP contribution in [0, 0.1) is 17.8 Å². The van der Waals surface area contributed by atoms with Crippen LogP contribution in [0.4, 0.5) is 0 Å². The first-order chi connectivity index (χ1) is 9.83. The fourth-order valence-electron chi connectivity index (χ4n) is 4.63. The molecule has 2 saturated carbocycles. The predicted octanol–water partition coefficient (Wildman–Crippen LogP) is 5.97. The first-order valence-corrected chi connectivity index (χ1v) is 9.45. The molecule has 0 radical (unpaired) electrons. The van der Waals surface area contributed by atoms with Crippen molar-refractivity contribution in [3.8, 4) is 0 Å². The molecule has 0 unspecified atom stereocenters. The first-order valence-electron chi connectivity index (χ1n) is 9.45. The highest BCUT2D eigenvalue weighted by Gasteiger charge is 2.31. The largest absolute Gasteiger partial charge is 0.378 e. The minimum Gasteiger partial charge on any atom is -0.378 e. The van der Waals surface area contributed by atoms with Crippen molar-refractivity contribution in [1.82, 2.24) is 0 Å². The van der Waals surface area contributed by atoms with E-state index in [1.807, 2.05) is 0 Å². The van der Waals surface area contributed by atoms with E-state index in [0.29, 0.717) is 6.10 Å². The minimum atomic E-state index is 0.584. The van der Waals surface area contributed by atoms with Gasteiger partial charge in [-0.15, -0.1) is 0 Å². The Labute approximate surface area is 126 Å². The third-order valence-corrected chi connectivity index (χ3v) is 5.84. The van der Waals surface area contributed by atoms with Crippen LogP contribution < -0.4 is 0 Å². The molecule has 0 aromatic rings. The van der Waals surface area contributed by atoms with Crippen molar-refractivity contribution in [2.75, 3.05) is 6.61 Å². The van der Waals surface area contributed by atoms with Gasteiger partial charge < -0.3 is 4.74 Å². The summed E-state index contributed by atoms with van der Waals surface area (Å²) in [6.45, 7) is 5.36. The fraction of sp³-hybridized carbons (Fsp3) is 1.00. The van der Waals surface area contributed by atoms with Crippen LogP contribution in [0.3, 0.4) is 0 Å². The Morgan fingerprint density at radius 2 is 1.65 bits per heavy atom. The molecule has 0 heterocycles. The molecular weight excluding hydrogens is 244 g/mol. The zero-order valence-electron chi connectivity index (χ0n) is 13.9. The van der Waals surface area contributed by atoms with Crippen LogP contribution in [0.2, 0.25) is 0 Å². The maximum atomic E-state index is 5.89. The highest BCUT2D eigenvalue weighted by atomic mass is 16.5. The molecular formula is C19H36O. The zero-order valence-corrected chi connectivity index (χ0v) is 13.9. The summed E-state index contributed by atoms with van der Waals surface area (Å²) in [6.07, 6.45) is 18.0. The van der Waals surface area contributed by atoms with E-state index in [0.717, 1.165) is 24.4 Å². The van der Waals surface area contributed by atoms with Crippen molar-refractivity contribution in [2.45, 2.75) is 97.0 Å². The number of unbranched alkanes of at least 4 members (excludes halogenated alkanes) is 2. The molecule has 0 bridgehead atoms. The Kier molecular flexibility index (Phi) is 7.41. The Hall–Kier alpha value is -0.0400. The quantitative estimate of drug-likeness (QED) is 0.522. The van der Waals surface area contributed by atoms with Crippen LogP contribution in [0.15, 0.2) is 0 Å². The van der Waals surface area contributed by atoms with E-state index in [-0.39, 0.29) is 0 Å². The van der Waals surface area contributed by atoms with E-state index >= 15 is 0 Å². The summed E-state index contributed by atoms with van der Waals surface area (Å²) in [7, 11) is 0. The van der Waals surface area contributed by atoms with Gasteiger partial charge in [-0.05, 0) is 56.8 Å². The summed E-state index contributed by atoms with van der Waals surface area (Å²) in [5.74, 6) is 3.07. The van der Waals surface area contributed by atoms with E-state index in [1.165, 1.54) is 77.0 Å². The fourth-order valence-corrected chi connectivity index (χ4v) is 4.63. The average Bonchev–Trinajstić information content (AvgIpc) is 2.49. The molecule has 0 saturated heterocycles. The molecule has 0 aromatic carbocycles. The lowest BCUT2D eigenvalue weighted by molar-refractivity contribution is 0.00394. The normalized spacial score (nSPS) is 35.1. The SMILES string of the molecule is CCCCCC1CCC([C@@H]2CCC[C@@H](OCC)C2)CC1.